The molecule has 20 heavy (non-hydrogen) atoms. The number of piperidine rings is 1. The molecule has 1 aromatic rings. The summed E-state index contributed by atoms with van der Waals surface area (Å²) in [6.45, 7) is 5.02. The van der Waals surface area contributed by atoms with Gasteiger partial charge < -0.3 is 10.2 Å². The number of nitrogens with zero attached hydrogens (tertiary/aromatic N) is 1. The first-order chi connectivity index (χ1) is 9.83. The molecule has 1 atom stereocenters. The van der Waals surface area contributed by atoms with Crippen LogP contribution in [-0.4, -0.2) is 31.1 Å². The summed E-state index contributed by atoms with van der Waals surface area (Å²) in [5.74, 6) is 0. The fourth-order valence-electron chi connectivity index (χ4n) is 3.50. The van der Waals surface area contributed by atoms with Crippen molar-refractivity contribution < 1.29 is 0 Å². The molecule has 1 aliphatic carbocycles. The van der Waals surface area contributed by atoms with Gasteiger partial charge in [-0.3, -0.25) is 0 Å². The quantitative estimate of drug-likeness (QED) is 0.818. The number of halogens is 1. The minimum absolute atomic E-state index is 0.545. The average molecular weight is 313 g/mol. The highest BCUT2D eigenvalue weighted by atomic mass is 35.5. The van der Waals surface area contributed by atoms with E-state index in [4.69, 9.17) is 11.6 Å². The van der Waals surface area contributed by atoms with Gasteiger partial charge in [0.25, 0.3) is 0 Å². The summed E-state index contributed by atoms with van der Waals surface area (Å²) in [5.41, 5.74) is 1.48. The van der Waals surface area contributed by atoms with E-state index in [1.165, 1.54) is 75.0 Å². The third-order valence-electron chi connectivity index (χ3n) is 4.57. The summed E-state index contributed by atoms with van der Waals surface area (Å²) < 4.78 is 0.956. The Balaban J connectivity index is 1.42. The molecule has 0 aromatic carbocycles. The summed E-state index contributed by atoms with van der Waals surface area (Å²) >= 11 is 7.94. The Labute approximate surface area is 131 Å². The van der Waals surface area contributed by atoms with Crippen LogP contribution in [0.15, 0.2) is 6.07 Å². The van der Waals surface area contributed by atoms with Crippen molar-refractivity contribution in [3.05, 3.63) is 20.8 Å². The average Bonchev–Trinajstić information content (AvgIpc) is 2.86. The van der Waals surface area contributed by atoms with Crippen LogP contribution in [0.3, 0.4) is 0 Å². The number of hydrogen-bond acceptors (Lipinski definition) is 3. The van der Waals surface area contributed by atoms with Gasteiger partial charge in [0.1, 0.15) is 0 Å². The van der Waals surface area contributed by atoms with Crippen LogP contribution in [0.4, 0.5) is 0 Å². The molecule has 0 amide bonds. The zero-order valence-electron chi connectivity index (χ0n) is 12.2. The van der Waals surface area contributed by atoms with Gasteiger partial charge in [0.2, 0.25) is 0 Å². The summed E-state index contributed by atoms with van der Waals surface area (Å²) in [7, 11) is 0. The number of aryl methyl sites for hydroxylation is 1. The van der Waals surface area contributed by atoms with Crippen molar-refractivity contribution in [3.63, 3.8) is 0 Å². The maximum absolute atomic E-state index is 6.16. The summed E-state index contributed by atoms with van der Waals surface area (Å²) in [4.78, 5) is 4.13. The minimum atomic E-state index is 0.545. The van der Waals surface area contributed by atoms with Crippen molar-refractivity contribution in [2.24, 2.45) is 0 Å². The van der Waals surface area contributed by atoms with Gasteiger partial charge in [0.15, 0.2) is 0 Å². The standard InChI is InChI=1S/C16H25ClN2S/c17-16-12-13-14(6-4-7-15(13)20-16)18-8-5-11-19-9-2-1-3-10-19/h12,14,18H,1-11H2. The van der Waals surface area contributed by atoms with Crippen LogP contribution in [0.2, 0.25) is 4.34 Å². The number of fused-ring (bicyclic) bond motifs is 1. The highest BCUT2D eigenvalue weighted by molar-refractivity contribution is 7.16. The molecule has 2 nitrogen and oxygen atoms in total. The molecule has 2 aliphatic rings. The maximum Gasteiger partial charge on any atom is 0.0934 e. The fraction of sp³-hybridized carbons (Fsp3) is 0.750. The van der Waals surface area contributed by atoms with Crippen LogP contribution >= 0.6 is 22.9 Å². The van der Waals surface area contributed by atoms with Crippen LogP contribution < -0.4 is 5.32 Å². The van der Waals surface area contributed by atoms with Gasteiger partial charge in [-0.15, -0.1) is 11.3 Å². The number of nitrogens with one attached hydrogen (secondary N) is 1. The normalized spacial score (nSPS) is 23.8. The SMILES string of the molecule is Clc1cc2c(s1)CCCC2NCCCN1CCCCC1. The Bertz CT molecular complexity index is 426. The van der Waals surface area contributed by atoms with Gasteiger partial charge in [0, 0.05) is 10.9 Å². The molecule has 1 aromatic heterocycles. The lowest BCUT2D eigenvalue weighted by molar-refractivity contribution is 0.224. The molecule has 3 rings (SSSR count). The molecule has 1 fully saturated rings. The van der Waals surface area contributed by atoms with E-state index in [-0.39, 0.29) is 0 Å². The lowest BCUT2D eigenvalue weighted by atomic mass is 9.94. The van der Waals surface area contributed by atoms with Gasteiger partial charge in [-0.1, -0.05) is 18.0 Å². The lowest BCUT2D eigenvalue weighted by Crippen LogP contribution is -2.33. The Morgan fingerprint density at radius 3 is 2.95 bits per heavy atom. The number of likely N-dealkylation sites (tertiary alicyclic amines) is 1. The highest BCUT2D eigenvalue weighted by Crippen LogP contribution is 2.37. The second-order valence-corrected chi connectivity index (χ2v) is 7.85. The predicted molar refractivity (Wildman–Crippen MR) is 87.9 cm³/mol. The first kappa shape index (κ1) is 14.8. The van der Waals surface area contributed by atoms with Crippen LogP contribution in [0.5, 0.6) is 0 Å². The van der Waals surface area contributed by atoms with Crippen LogP contribution in [-0.2, 0) is 6.42 Å². The lowest BCUT2D eigenvalue weighted by Gasteiger charge is -2.27. The number of rotatable bonds is 5. The first-order valence-electron chi connectivity index (χ1n) is 8.07. The smallest absolute Gasteiger partial charge is 0.0934 e. The molecule has 0 radical (unpaired) electrons. The molecular formula is C16H25ClN2S. The third-order valence-corrected chi connectivity index (χ3v) is 5.91. The van der Waals surface area contributed by atoms with Gasteiger partial charge in [-0.05, 0) is 76.3 Å². The topological polar surface area (TPSA) is 15.3 Å². The first-order valence-corrected chi connectivity index (χ1v) is 9.26. The molecule has 0 spiro atoms. The number of hydrogen-bond donors (Lipinski definition) is 1. The second-order valence-electron chi connectivity index (χ2n) is 6.08. The van der Waals surface area contributed by atoms with Crippen molar-refractivity contribution in [2.45, 2.75) is 51.0 Å². The zero-order valence-corrected chi connectivity index (χ0v) is 13.7. The molecule has 1 unspecified atom stereocenters. The molecule has 2 heterocycles. The van der Waals surface area contributed by atoms with E-state index < -0.39 is 0 Å². The van der Waals surface area contributed by atoms with E-state index in [1.54, 1.807) is 11.3 Å². The van der Waals surface area contributed by atoms with Crippen molar-refractivity contribution >= 4 is 22.9 Å². The van der Waals surface area contributed by atoms with E-state index in [9.17, 15) is 0 Å². The van der Waals surface area contributed by atoms with E-state index in [0.29, 0.717) is 6.04 Å². The Hall–Kier alpha value is -0.0900. The largest absolute Gasteiger partial charge is 0.310 e. The molecule has 0 saturated carbocycles. The van der Waals surface area contributed by atoms with E-state index in [0.717, 1.165) is 10.9 Å². The minimum Gasteiger partial charge on any atom is -0.310 e. The Morgan fingerprint density at radius 1 is 1.25 bits per heavy atom. The highest BCUT2D eigenvalue weighted by Gasteiger charge is 2.22. The summed E-state index contributed by atoms with van der Waals surface area (Å²) in [6, 6.07) is 2.73. The Morgan fingerprint density at radius 2 is 2.10 bits per heavy atom. The van der Waals surface area contributed by atoms with Crippen molar-refractivity contribution in [2.75, 3.05) is 26.2 Å². The Kier molecular flexibility index (Phi) is 5.38. The van der Waals surface area contributed by atoms with Crippen LogP contribution in [0, 0.1) is 0 Å². The van der Waals surface area contributed by atoms with Gasteiger partial charge in [-0.2, -0.15) is 0 Å². The van der Waals surface area contributed by atoms with Gasteiger partial charge >= 0.3 is 0 Å². The van der Waals surface area contributed by atoms with Crippen LogP contribution in [0.25, 0.3) is 0 Å². The van der Waals surface area contributed by atoms with E-state index in [2.05, 4.69) is 16.3 Å². The molecule has 1 aliphatic heterocycles. The van der Waals surface area contributed by atoms with Gasteiger partial charge in [-0.25, -0.2) is 0 Å². The van der Waals surface area contributed by atoms with Crippen molar-refractivity contribution in [1.29, 1.82) is 0 Å². The molecule has 4 heteroatoms. The maximum atomic E-state index is 6.16. The zero-order chi connectivity index (χ0) is 13.8. The van der Waals surface area contributed by atoms with E-state index >= 15 is 0 Å². The molecule has 0 bridgehead atoms. The fourth-order valence-corrected chi connectivity index (χ4v) is 4.88. The van der Waals surface area contributed by atoms with Crippen molar-refractivity contribution in [3.8, 4) is 0 Å². The monoisotopic (exact) mass is 312 g/mol. The number of thiophene rings is 1. The van der Waals surface area contributed by atoms with Crippen molar-refractivity contribution in [1.82, 2.24) is 10.2 Å². The molecule has 1 saturated heterocycles. The van der Waals surface area contributed by atoms with Gasteiger partial charge in [0.05, 0.1) is 4.34 Å². The molecular weight excluding hydrogens is 288 g/mol. The molecule has 1 N–H and O–H groups in total. The summed E-state index contributed by atoms with van der Waals surface area (Å²) in [5, 5.41) is 3.75. The second kappa shape index (κ2) is 7.26. The summed E-state index contributed by atoms with van der Waals surface area (Å²) in [6.07, 6.45) is 9.28. The van der Waals surface area contributed by atoms with Crippen LogP contribution in [0.1, 0.15) is 55.0 Å². The van der Waals surface area contributed by atoms with E-state index in [1.807, 2.05) is 0 Å². The predicted octanol–water partition coefficient (Wildman–Crippen LogP) is 4.24. The molecule has 112 valence electrons. The third kappa shape index (κ3) is 3.76.